The molecule has 0 N–H and O–H groups in total. The molecule has 1 aromatic heterocycles. The van der Waals surface area contributed by atoms with Crippen LogP contribution in [-0.2, 0) is 9.53 Å². The van der Waals surface area contributed by atoms with Crippen molar-refractivity contribution < 1.29 is 18.7 Å². The van der Waals surface area contributed by atoms with Crippen molar-refractivity contribution in [3.05, 3.63) is 53.1 Å². The third kappa shape index (κ3) is 4.77. The van der Waals surface area contributed by atoms with Crippen LogP contribution in [0.25, 0.3) is 0 Å². The Morgan fingerprint density at radius 2 is 1.89 bits per heavy atom. The average molecular weight is 385 g/mol. The maximum Gasteiger partial charge on any atom is 0.340 e. The highest BCUT2D eigenvalue weighted by Gasteiger charge is 2.21. The topological polar surface area (TPSA) is 75.3 Å². The van der Waals surface area contributed by atoms with Crippen molar-refractivity contribution >= 4 is 17.6 Å². The number of benzene rings is 1. The van der Waals surface area contributed by atoms with Gasteiger partial charge in [0, 0.05) is 29.7 Å². The Morgan fingerprint density at radius 3 is 2.43 bits per heavy atom. The van der Waals surface area contributed by atoms with Crippen LogP contribution in [0, 0.1) is 31.0 Å². The molecular formula is C21H24FN3O3. The Bertz CT molecular complexity index is 895. The smallest absolute Gasteiger partial charge is 0.340 e. The van der Waals surface area contributed by atoms with E-state index < -0.39 is 24.3 Å². The molecular weight excluding hydrogens is 361 g/mol. The van der Waals surface area contributed by atoms with Gasteiger partial charge in [-0.2, -0.15) is 5.26 Å². The maximum atomic E-state index is 13.1. The summed E-state index contributed by atoms with van der Waals surface area (Å²) >= 11 is 0. The number of amides is 1. The number of ether oxygens (including phenoxy) is 1. The van der Waals surface area contributed by atoms with Crippen molar-refractivity contribution in [2.75, 3.05) is 18.1 Å². The Balaban J connectivity index is 2.12. The van der Waals surface area contributed by atoms with Gasteiger partial charge in [0.15, 0.2) is 6.61 Å². The molecule has 0 saturated heterocycles. The molecule has 0 spiro atoms. The first kappa shape index (κ1) is 21.2. The number of hydrogen-bond donors (Lipinski definition) is 0. The third-order valence-corrected chi connectivity index (χ3v) is 4.43. The van der Waals surface area contributed by atoms with Crippen molar-refractivity contribution in [2.45, 2.75) is 40.2 Å². The minimum absolute atomic E-state index is 0.104. The van der Waals surface area contributed by atoms with Crippen LogP contribution in [-0.4, -0.2) is 29.6 Å². The molecule has 0 aliphatic rings. The monoisotopic (exact) mass is 385 g/mol. The molecule has 2 aromatic rings. The van der Waals surface area contributed by atoms with Crippen LogP contribution in [0.4, 0.5) is 10.1 Å². The molecule has 2 rings (SSSR count). The number of hydrogen-bond acceptors (Lipinski definition) is 4. The van der Waals surface area contributed by atoms with E-state index >= 15 is 0 Å². The molecule has 0 atom stereocenters. The van der Waals surface area contributed by atoms with E-state index in [1.165, 1.54) is 29.2 Å². The minimum Gasteiger partial charge on any atom is -0.452 e. The molecule has 0 saturated carbocycles. The van der Waals surface area contributed by atoms with Crippen molar-refractivity contribution in [2.24, 2.45) is 0 Å². The number of carbonyl (C=O) groups excluding carboxylic acids is 2. The van der Waals surface area contributed by atoms with Gasteiger partial charge in [0.25, 0.3) is 5.91 Å². The number of rotatable bonds is 7. The zero-order valence-corrected chi connectivity index (χ0v) is 16.5. The normalized spacial score (nSPS) is 10.6. The van der Waals surface area contributed by atoms with Gasteiger partial charge in [-0.1, -0.05) is 0 Å². The van der Waals surface area contributed by atoms with E-state index in [0.29, 0.717) is 11.3 Å². The van der Waals surface area contributed by atoms with Gasteiger partial charge in [0.05, 0.1) is 18.1 Å². The quantitative estimate of drug-likeness (QED) is 0.677. The number of anilines is 1. The molecule has 1 heterocycles. The summed E-state index contributed by atoms with van der Waals surface area (Å²) in [6.45, 7) is 7.45. The van der Waals surface area contributed by atoms with Gasteiger partial charge in [-0.25, -0.2) is 9.18 Å². The molecule has 0 unspecified atom stereocenters. The van der Waals surface area contributed by atoms with Crippen molar-refractivity contribution in [1.82, 2.24) is 4.57 Å². The van der Waals surface area contributed by atoms with Crippen LogP contribution in [0.2, 0.25) is 0 Å². The van der Waals surface area contributed by atoms with Crippen LogP contribution in [0.15, 0.2) is 30.3 Å². The summed E-state index contributed by atoms with van der Waals surface area (Å²) in [7, 11) is 0. The summed E-state index contributed by atoms with van der Waals surface area (Å²) in [6.07, 6.45) is 0.104. The number of esters is 1. The summed E-state index contributed by atoms with van der Waals surface area (Å²) in [5.74, 6) is -1.48. The number of carbonyl (C=O) groups is 2. The van der Waals surface area contributed by atoms with E-state index in [9.17, 15) is 14.0 Å². The number of nitrogens with zero attached hydrogens (tertiary/aromatic N) is 3. The number of nitriles is 1. The van der Waals surface area contributed by atoms with Gasteiger partial charge in [0.1, 0.15) is 5.82 Å². The third-order valence-electron chi connectivity index (χ3n) is 4.43. The summed E-state index contributed by atoms with van der Waals surface area (Å²) in [6, 6.07) is 9.27. The zero-order chi connectivity index (χ0) is 20.8. The molecule has 148 valence electrons. The highest BCUT2D eigenvalue weighted by atomic mass is 19.1. The number of aromatic nitrogens is 1. The lowest BCUT2D eigenvalue weighted by atomic mass is 10.2. The van der Waals surface area contributed by atoms with E-state index in [2.05, 4.69) is 0 Å². The predicted octanol–water partition coefficient (Wildman–Crippen LogP) is 3.93. The summed E-state index contributed by atoms with van der Waals surface area (Å²) < 4.78 is 20.4. The molecule has 6 nitrogen and oxygen atoms in total. The average Bonchev–Trinajstić information content (AvgIpc) is 2.95. The molecule has 1 aromatic carbocycles. The predicted molar refractivity (Wildman–Crippen MR) is 104 cm³/mol. The van der Waals surface area contributed by atoms with Gasteiger partial charge < -0.3 is 14.2 Å². The van der Waals surface area contributed by atoms with Gasteiger partial charge in [-0.05, 0) is 58.0 Å². The van der Waals surface area contributed by atoms with Crippen molar-refractivity contribution in [1.29, 1.82) is 5.26 Å². The SMILES string of the molecule is Cc1cc(C(=O)OCC(=O)N(CCC#N)c2ccc(F)cc2)c(C)n1C(C)C. The first-order chi connectivity index (χ1) is 13.3. The second-order valence-corrected chi connectivity index (χ2v) is 6.75. The lowest BCUT2D eigenvalue weighted by Gasteiger charge is -2.21. The Kier molecular flexibility index (Phi) is 6.94. The van der Waals surface area contributed by atoms with E-state index in [1.54, 1.807) is 6.07 Å². The summed E-state index contributed by atoms with van der Waals surface area (Å²) in [4.78, 5) is 26.4. The molecule has 0 aliphatic carbocycles. The van der Waals surface area contributed by atoms with E-state index in [-0.39, 0.29) is 19.0 Å². The van der Waals surface area contributed by atoms with E-state index in [1.807, 2.05) is 38.3 Å². The summed E-state index contributed by atoms with van der Waals surface area (Å²) in [5.41, 5.74) is 2.58. The lowest BCUT2D eigenvalue weighted by Crippen LogP contribution is -2.35. The molecule has 0 radical (unpaired) electrons. The molecule has 1 amide bonds. The van der Waals surface area contributed by atoms with E-state index in [4.69, 9.17) is 10.00 Å². The largest absolute Gasteiger partial charge is 0.452 e. The maximum absolute atomic E-state index is 13.1. The van der Waals surface area contributed by atoms with Crippen LogP contribution in [0.1, 0.15) is 48.1 Å². The Hall–Kier alpha value is -3.14. The first-order valence-electron chi connectivity index (χ1n) is 9.04. The lowest BCUT2D eigenvalue weighted by molar-refractivity contribution is -0.121. The standard InChI is InChI=1S/C21H24FN3O3/c1-14(2)25-15(3)12-19(16(25)4)21(27)28-13-20(26)24(11-5-10-23)18-8-6-17(22)7-9-18/h6-9,12,14H,5,11,13H2,1-4H3. The van der Waals surface area contributed by atoms with Crippen LogP contribution >= 0.6 is 0 Å². The van der Waals surface area contributed by atoms with Gasteiger partial charge >= 0.3 is 5.97 Å². The van der Waals surface area contributed by atoms with Crippen LogP contribution < -0.4 is 4.90 Å². The van der Waals surface area contributed by atoms with Gasteiger partial charge in [-0.15, -0.1) is 0 Å². The first-order valence-corrected chi connectivity index (χ1v) is 9.04. The fraction of sp³-hybridized carbons (Fsp3) is 0.381. The second-order valence-electron chi connectivity index (χ2n) is 6.75. The fourth-order valence-electron chi connectivity index (χ4n) is 3.24. The van der Waals surface area contributed by atoms with E-state index in [0.717, 1.165) is 11.4 Å². The highest BCUT2D eigenvalue weighted by molar-refractivity contribution is 5.97. The van der Waals surface area contributed by atoms with Crippen molar-refractivity contribution in [3.8, 4) is 6.07 Å². The Labute approximate surface area is 164 Å². The van der Waals surface area contributed by atoms with Gasteiger partial charge in [-0.3, -0.25) is 4.79 Å². The molecule has 0 bridgehead atoms. The highest BCUT2D eigenvalue weighted by Crippen LogP contribution is 2.21. The fourth-order valence-corrected chi connectivity index (χ4v) is 3.24. The van der Waals surface area contributed by atoms with Crippen molar-refractivity contribution in [3.63, 3.8) is 0 Å². The zero-order valence-electron chi connectivity index (χ0n) is 16.5. The van der Waals surface area contributed by atoms with Gasteiger partial charge in [0.2, 0.25) is 0 Å². The Morgan fingerprint density at radius 1 is 1.25 bits per heavy atom. The molecule has 28 heavy (non-hydrogen) atoms. The minimum atomic E-state index is -0.576. The number of aryl methyl sites for hydroxylation is 1. The molecule has 0 fully saturated rings. The second kappa shape index (κ2) is 9.18. The van der Waals surface area contributed by atoms with Crippen LogP contribution in [0.3, 0.4) is 0 Å². The molecule has 7 heteroatoms. The summed E-state index contributed by atoms with van der Waals surface area (Å²) in [5, 5.41) is 8.82. The van der Waals surface area contributed by atoms with Crippen LogP contribution in [0.5, 0.6) is 0 Å². The molecule has 0 aliphatic heterocycles. The number of halogens is 1.